The second-order valence-electron chi connectivity index (χ2n) is 5.38. The molecule has 2 atom stereocenters. The molecule has 2 N–H and O–H groups in total. The van der Waals surface area contributed by atoms with Gasteiger partial charge in [0.05, 0.1) is 6.10 Å². The number of amides is 2. The van der Waals surface area contributed by atoms with Gasteiger partial charge < -0.3 is 15.3 Å². The van der Waals surface area contributed by atoms with Gasteiger partial charge in [-0.15, -0.1) is 0 Å². The fourth-order valence-electron chi connectivity index (χ4n) is 2.52. The number of aliphatic hydroxyl groups is 1. The molecule has 5 heteroatoms. The Morgan fingerprint density at radius 2 is 2.40 bits per heavy atom. The Morgan fingerprint density at radius 3 is 3.10 bits per heavy atom. The lowest BCUT2D eigenvalue weighted by Crippen LogP contribution is -2.47. The van der Waals surface area contributed by atoms with Gasteiger partial charge in [-0.2, -0.15) is 0 Å². The molecule has 0 spiro atoms. The van der Waals surface area contributed by atoms with Gasteiger partial charge in [0, 0.05) is 25.6 Å². The van der Waals surface area contributed by atoms with Crippen LogP contribution in [-0.2, 0) is 6.54 Å². The van der Waals surface area contributed by atoms with E-state index in [0.717, 1.165) is 18.4 Å². The van der Waals surface area contributed by atoms with E-state index in [2.05, 4.69) is 5.32 Å². The minimum Gasteiger partial charge on any atom is -0.393 e. The second-order valence-corrected chi connectivity index (χ2v) is 5.38. The number of piperidine rings is 1. The Morgan fingerprint density at radius 1 is 1.60 bits per heavy atom. The number of nitrogens with one attached hydrogen (secondary N) is 1. The molecule has 2 unspecified atom stereocenters. The first-order valence-corrected chi connectivity index (χ1v) is 7.01. The smallest absolute Gasteiger partial charge is 0.317 e. The SMILES string of the molecule is CC(O)C1CCCN(C(=O)NCc2cccc(F)c2)C1. The van der Waals surface area contributed by atoms with Gasteiger partial charge in [-0.3, -0.25) is 0 Å². The zero-order valence-electron chi connectivity index (χ0n) is 11.7. The molecule has 20 heavy (non-hydrogen) atoms. The Hall–Kier alpha value is -1.62. The summed E-state index contributed by atoms with van der Waals surface area (Å²) in [5.41, 5.74) is 0.738. The third-order valence-corrected chi connectivity index (χ3v) is 3.76. The molecule has 0 aliphatic carbocycles. The van der Waals surface area contributed by atoms with Crippen LogP contribution in [0.2, 0.25) is 0 Å². The Balaban J connectivity index is 1.85. The minimum atomic E-state index is -0.395. The first kappa shape index (κ1) is 14.8. The van der Waals surface area contributed by atoms with Crippen LogP contribution < -0.4 is 5.32 Å². The molecule has 4 nitrogen and oxygen atoms in total. The van der Waals surface area contributed by atoms with Gasteiger partial charge in [0.2, 0.25) is 0 Å². The number of benzene rings is 1. The molecule has 0 bridgehead atoms. The van der Waals surface area contributed by atoms with E-state index in [1.807, 2.05) is 0 Å². The minimum absolute atomic E-state index is 0.142. The van der Waals surface area contributed by atoms with E-state index >= 15 is 0 Å². The Labute approximate surface area is 118 Å². The highest BCUT2D eigenvalue weighted by atomic mass is 19.1. The molecule has 0 aromatic heterocycles. The van der Waals surface area contributed by atoms with Gasteiger partial charge in [0.25, 0.3) is 0 Å². The maximum Gasteiger partial charge on any atom is 0.317 e. The molecule has 1 heterocycles. The van der Waals surface area contributed by atoms with Gasteiger partial charge in [-0.1, -0.05) is 12.1 Å². The van der Waals surface area contributed by atoms with Crippen LogP contribution in [0.3, 0.4) is 0 Å². The normalized spacial score (nSPS) is 20.6. The zero-order chi connectivity index (χ0) is 14.5. The summed E-state index contributed by atoms with van der Waals surface area (Å²) in [6.45, 7) is 3.36. The number of hydrogen-bond acceptors (Lipinski definition) is 2. The predicted octanol–water partition coefficient (Wildman–Crippen LogP) is 2.13. The summed E-state index contributed by atoms with van der Waals surface area (Å²) < 4.78 is 13.0. The summed E-state index contributed by atoms with van der Waals surface area (Å²) in [5, 5.41) is 12.4. The molecular formula is C15H21FN2O2. The van der Waals surface area contributed by atoms with E-state index in [-0.39, 0.29) is 17.8 Å². The molecular weight excluding hydrogens is 259 g/mol. The van der Waals surface area contributed by atoms with Crippen molar-refractivity contribution in [3.8, 4) is 0 Å². The van der Waals surface area contributed by atoms with E-state index in [9.17, 15) is 14.3 Å². The Bertz CT molecular complexity index is 465. The molecule has 0 saturated carbocycles. The van der Waals surface area contributed by atoms with E-state index in [1.165, 1.54) is 12.1 Å². The highest BCUT2D eigenvalue weighted by Crippen LogP contribution is 2.19. The number of nitrogens with zero attached hydrogens (tertiary/aromatic N) is 1. The van der Waals surface area contributed by atoms with Crippen LogP contribution >= 0.6 is 0 Å². The fraction of sp³-hybridized carbons (Fsp3) is 0.533. The number of urea groups is 1. The van der Waals surface area contributed by atoms with Crippen molar-refractivity contribution in [1.82, 2.24) is 10.2 Å². The van der Waals surface area contributed by atoms with Crippen molar-refractivity contribution in [2.45, 2.75) is 32.4 Å². The van der Waals surface area contributed by atoms with Gasteiger partial charge in [0.1, 0.15) is 5.82 Å². The summed E-state index contributed by atoms with van der Waals surface area (Å²) in [6, 6.07) is 6.04. The molecule has 2 rings (SSSR count). The lowest BCUT2D eigenvalue weighted by atomic mass is 9.94. The highest BCUT2D eigenvalue weighted by Gasteiger charge is 2.26. The maximum absolute atomic E-state index is 13.0. The lowest BCUT2D eigenvalue weighted by molar-refractivity contribution is 0.0738. The molecule has 2 amide bonds. The van der Waals surface area contributed by atoms with Crippen molar-refractivity contribution in [3.63, 3.8) is 0 Å². The first-order chi connectivity index (χ1) is 9.56. The van der Waals surface area contributed by atoms with Crippen molar-refractivity contribution >= 4 is 6.03 Å². The van der Waals surface area contributed by atoms with E-state index in [0.29, 0.717) is 19.6 Å². The summed E-state index contributed by atoms with van der Waals surface area (Å²) >= 11 is 0. The van der Waals surface area contributed by atoms with Crippen molar-refractivity contribution in [2.75, 3.05) is 13.1 Å². The lowest BCUT2D eigenvalue weighted by Gasteiger charge is -2.34. The van der Waals surface area contributed by atoms with Crippen LogP contribution in [0.25, 0.3) is 0 Å². The summed E-state index contributed by atoms with van der Waals surface area (Å²) in [4.78, 5) is 13.8. The monoisotopic (exact) mass is 280 g/mol. The molecule has 1 aromatic rings. The average molecular weight is 280 g/mol. The zero-order valence-corrected chi connectivity index (χ0v) is 11.7. The number of likely N-dealkylation sites (tertiary alicyclic amines) is 1. The summed E-state index contributed by atoms with van der Waals surface area (Å²) in [7, 11) is 0. The van der Waals surface area contributed by atoms with E-state index < -0.39 is 6.10 Å². The molecule has 1 saturated heterocycles. The molecule has 0 radical (unpaired) electrons. The molecule has 1 aromatic carbocycles. The van der Waals surface area contributed by atoms with Crippen LogP contribution in [0.5, 0.6) is 0 Å². The molecule has 1 aliphatic heterocycles. The highest BCUT2D eigenvalue weighted by molar-refractivity contribution is 5.74. The number of carbonyl (C=O) groups is 1. The Kier molecular flexibility index (Phi) is 4.95. The molecule has 1 fully saturated rings. The topological polar surface area (TPSA) is 52.6 Å². The van der Waals surface area contributed by atoms with Gasteiger partial charge in [0.15, 0.2) is 0 Å². The van der Waals surface area contributed by atoms with Crippen molar-refractivity contribution < 1.29 is 14.3 Å². The van der Waals surface area contributed by atoms with Gasteiger partial charge >= 0.3 is 6.03 Å². The third kappa shape index (κ3) is 3.93. The van der Waals surface area contributed by atoms with E-state index in [1.54, 1.807) is 24.0 Å². The number of hydrogen-bond donors (Lipinski definition) is 2. The van der Waals surface area contributed by atoms with Crippen LogP contribution in [0.1, 0.15) is 25.3 Å². The summed E-state index contributed by atoms with van der Waals surface area (Å²) in [6.07, 6.45) is 1.46. The van der Waals surface area contributed by atoms with Crippen molar-refractivity contribution in [3.05, 3.63) is 35.6 Å². The van der Waals surface area contributed by atoms with Crippen LogP contribution in [0.4, 0.5) is 9.18 Å². The standard InChI is InChI=1S/C15H21FN2O2/c1-11(19)13-5-3-7-18(10-13)15(20)17-9-12-4-2-6-14(16)8-12/h2,4,6,8,11,13,19H,3,5,7,9-10H2,1H3,(H,17,20). The van der Waals surface area contributed by atoms with Crippen LogP contribution in [0.15, 0.2) is 24.3 Å². The van der Waals surface area contributed by atoms with Crippen LogP contribution in [-0.4, -0.2) is 35.2 Å². The number of carbonyl (C=O) groups excluding carboxylic acids is 1. The average Bonchev–Trinajstić information content (AvgIpc) is 2.45. The third-order valence-electron chi connectivity index (χ3n) is 3.76. The predicted molar refractivity (Wildman–Crippen MR) is 74.6 cm³/mol. The van der Waals surface area contributed by atoms with Gasteiger partial charge in [-0.05, 0) is 37.5 Å². The quantitative estimate of drug-likeness (QED) is 0.891. The largest absolute Gasteiger partial charge is 0.393 e. The summed E-state index contributed by atoms with van der Waals surface area (Å²) in [5.74, 6) is -0.160. The van der Waals surface area contributed by atoms with Crippen molar-refractivity contribution in [2.24, 2.45) is 5.92 Å². The van der Waals surface area contributed by atoms with Crippen LogP contribution in [0, 0.1) is 11.7 Å². The number of aliphatic hydroxyl groups excluding tert-OH is 1. The van der Waals surface area contributed by atoms with E-state index in [4.69, 9.17) is 0 Å². The molecule has 110 valence electrons. The maximum atomic E-state index is 13.0. The van der Waals surface area contributed by atoms with Gasteiger partial charge in [-0.25, -0.2) is 9.18 Å². The first-order valence-electron chi connectivity index (χ1n) is 7.01. The molecule has 1 aliphatic rings. The van der Waals surface area contributed by atoms with Crippen molar-refractivity contribution in [1.29, 1.82) is 0 Å². The second kappa shape index (κ2) is 6.70. The number of halogens is 1. The number of rotatable bonds is 3. The fourth-order valence-corrected chi connectivity index (χ4v) is 2.52.